The predicted octanol–water partition coefficient (Wildman–Crippen LogP) is 10.1. The average molecular weight is 670 g/mol. The van der Waals surface area contributed by atoms with Gasteiger partial charge in [0.15, 0.2) is 34.8 Å². The van der Waals surface area contributed by atoms with Crippen LogP contribution in [0.3, 0.4) is 0 Å². The molecule has 0 fully saturated rings. The van der Waals surface area contributed by atoms with Gasteiger partial charge in [0.2, 0.25) is 0 Å². The summed E-state index contributed by atoms with van der Waals surface area (Å²) in [5, 5.41) is 6.04. The Balaban J connectivity index is 1.07. The molecule has 3 aromatic heterocycles. The van der Waals surface area contributed by atoms with Crippen molar-refractivity contribution in [2.45, 2.75) is 19.3 Å². The van der Waals surface area contributed by atoms with Crippen molar-refractivity contribution in [2.24, 2.45) is 0 Å². The molecule has 52 heavy (non-hydrogen) atoms. The van der Waals surface area contributed by atoms with Gasteiger partial charge < -0.3 is 0 Å². The normalized spacial score (nSPS) is 13.0. The van der Waals surface area contributed by atoms with Gasteiger partial charge in [-0.2, -0.15) is 4.52 Å². The van der Waals surface area contributed by atoms with Crippen LogP contribution in [0.25, 0.3) is 84.6 Å². The molecule has 0 saturated carbocycles. The lowest BCUT2D eigenvalue weighted by Gasteiger charge is -2.21. The van der Waals surface area contributed by atoms with Gasteiger partial charge in [0, 0.05) is 38.6 Å². The van der Waals surface area contributed by atoms with E-state index in [-0.39, 0.29) is 5.41 Å². The molecule has 6 aromatic carbocycles. The molecule has 0 saturated heterocycles. The molecule has 9 aromatic rings. The van der Waals surface area contributed by atoms with Crippen molar-refractivity contribution >= 4 is 16.6 Å². The summed E-state index contributed by atoms with van der Waals surface area (Å²) in [5.74, 6) is 3.22. The summed E-state index contributed by atoms with van der Waals surface area (Å²) in [6.07, 6.45) is 0. The highest BCUT2D eigenvalue weighted by atomic mass is 15.3. The minimum Gasteiger partial charge on any atom is -0.228 e. The van der Waals surface area contributed by atoms with Crippen LogP contribution in [0.15, 0.2) is 152 Å². The van der Waals surface area contributed by atoms with Crippen molar-refractivity contribution in [3.8, 4) is 68.1 Å². The highest BCUT2D eigenvalue weighted by Crippen LogP contribution is 2.49. The maximum atomic E-state index is 5.16. The summed E-state index contributed by atoms with van der Waals surface area (Å²) in [5.41, 5.74) is 11.3. The van der Waals surface area contributed by atoms with E-state index in [2.05, 4.69) is 62.4 Å². The molecule has 0 aliphatic heterocycles. The van der Waals surface area contributed by atoms with Gasteiger partial charge in [-0.1, -0.05) is 147 Å². The maximum absolute atomic E-state index is 5.16. The smallest absolute Gasteiger partial charge is 0.182 e. The van der Waals surface area contributed by atoms with Gasteiger partial charge in [-0.05, 0) is 40.5 Å². The molecule has 1 aliphatic carbocycles. The second-order valence-corrected chi connectivity index (χ2v) is 13.7. The molecule has 7 nitrogen and oxygen atoms in total. The molecule has 3 heterocycles. The number of aromatic nitrogens is 7. The van der Waals surface area contributed by atoms with E-state index in [1.54, 1.807) is 0 Å². The first kappa shape index (κ1) is 30.0. The van der Waals surface area contributed by atoms with Crippen LogP contribution >= 0.6 is 0 Å². The van der Waals surface area contributed by atoms with Crippen LogP contribution in [0.2, 0.25) is 0 Å². The van der Waals surface area contributed by atoms with E-state index in [1.807, 2.05) is 108 Å². The van der Waals surface area contributed by atoms with Crippen molar-refractivity contribution in [3.05, 3.63) is 163 Å². The third-order valence-corrected chi connectivity index (χ3v) is 10.1. The minimum absolute atomic E-state index is 0.130. The first-order chi connectivity index (χ1) is 25.5. The van der Waals surface area contributed by atoms with Crippen molar-refractivity contribution in [2.75, 3.05) is 0 Å². The van der Waals surface area contributed by atoms with E-state index in [0.29, 0.717) is 23.3 Å². The number of hydrogen-bond acceptors (Lipinski definition) is 6. The summed E-state index contributed by atoms with van der Waals surface area (Å²) in [6, 6.07) is 51.6. The van der Waals surface area contributed by atoms with Crippen LogP contribution in [0, 0.1) is 0 Å². The molecule has 10 rings (SSSR count). The van der Waals surface area contributed by atoms with E-state index in [9.17, 15) is 0 Å². The Morgan fingerprint density at radius 3 is 1.62 bits per heavy atom. The molecule has 0 spiro atoms. The SMILES string of the molecule is CC1(C)c2ccccc2-c2ccc(-c3nc4ccccc4c4nc(-c5ccc(-c6nc(-c7ccccc7)nc(-c7ccccc7)n6)cc5)nn34)cc21. The molecule has 0 unspecified atom stereocenters. The maximum Gasteiger partial charge on any atom is 0.182 e. The van der Waals surface area contributed by atoms with Gasteiger partial charge in [-0.3, -0.25) is 0 Å². The van der Waals surface area contributed by atoms with Crippen molar-refractivity contribution in [3.63, 3.8) is 0 Å². The number of benzene rings is 6. The minimum atomic E-state index is -0.130. The molecule has 0 radical (unpaired) electrons. The lowest BCUT2D eigenvalue weighted by Crippen LogP contribution is -2.15. The number of fused-ring (bicyclic) bond motifs is 6. The zero-order chi connectivity index (χ0) is 34.8. The number of nitrogens with zero attached hydrogens (tertiary/aromatic N) is 7. The van der Waals surface area contributed by atoms with Gasteiger partial charge in [0.1, 0.15) is 0 Å². The van der Waals surface area contributed by atoms with Crippen molar-refractivity contribution < 1.29 is 0 Å². The predicted molar refractivity (Wildman–Crippen MR) is 206 cm³/mol. The van der Waals surface area contributed by atoms with Crippen LogP contribution in [-0.2, 0) is 5.41 Å². The van der Waals surface area contributed by atoms with Gasteiger partial charge in [0.05, 0.1) is 5.52 Å². The third-order valence-electron chi connectivity index (χ3n) is 10.1. The Kier molecular flexibility index (Phi) is 6.70. The molecule has 0 amide bonds. The fraction of sp³-hybridized carbons (Fsp3) is 0.0667. The van der Waals surface area contributed by atoms with E-state index in [0.717, 1.165) is 50.2 Å². The average Bonchev–Trinajstić information content (AvgIpc) is 3.76. The standard InChI is InChI=1S/C45H31N7/c1-45(2)36-19-11-9-17-33(36)34-26-25-32(27-37(34)45)43-46-38-20-12-10-18-35(38)44-50-42(51-52(43)44)31-23-21-30(22-24-31)41-48-39(28-13-5-3-6-14-28)47-40(49-41)29-15-7-4-8-16-29/h3-27H,1-2H3. The second kappa shape index (κ2) is 11.6. The first-order valence-electron chi connectivity index (χ1n) is 17.4. The molecule has 0 N–H and O–H groups in total. The van der Waals surface area contributed by atoms with Crippen LogP contribution in [0.1, 0.15) is 25.0 Å². The lowest BCUT2D eigenvalue weighted by atomic mass is 9.82. The molecule has 1 aliphatic rings. The van der Waals surface area contributed by atoms with Gasteiger partial charge in [-0.15, -0.1) is 5.10 Å². The number of rotatable bonds is 5. The molecular weight excluding hydrogens is 639 g/mol. The van der Waals surface area contributed by atoms with E-state index in [4.69, 9.17) is 30.0 Å². The summed E-state index contributed by atoms with van der Waals surface area (Å²) in [7, 11) is 0. The quantitative estimate of drug-likeness (QED) is 0.181. The molecule has 7 heteroatoms. The van der Waals surface area contributed by atoms with Gasteiger partial charge >= 0.3 is 0 Å². The Hall–Kier alpha value is -6.86. The van der Waals surface area contributed by atoms with Crippen LogP contribution < -0.4 is 0 Å². The van der Waals surface area contributed by atoms with Crippen molar-refractivity contribution in [1.29, 1.82) is 0 Å². The molecule has 0 bridgehead atoms. The Morgan fingerprint density at radius 2 is 0.942 bits per heavy atom. The Bertz CT molecular complexity index is 2750. The summed E-state index contributed by atoms with van der Waals surface area (Å²) in [4.78, 5) is 24.9. The van der Waals surface area contributed by atoms with E-state index in [1.165, 1.54) is 22.3 Å². The van der Waals surface area contributed by atoms with Crippen molar-refractivity contribution in [1.82, 2.24) is 34.5 Å². The fourth-order valence-corrected chi connectivity index (χ4v) is 7.41. The van der Waals surface area contributed by atoms with E-state index < -0.39 is 0 Å². The highest BCUT2D eigenvalue weighted by molar-refractivity contribution is 5.94. The Labute approximate surface area is 300 Å². The first-order valence-corrected chi connectivity index (χ1v) is 17.4. The topological polar surface area (TPSA) is 81.8 Å². The monoisotopic (exact) mass is 669 g/mol. The largest absolute Gasteiger partial charge is 0.228 e. The summed E-state index contributed by atoms with van der Waals surface area (Å²) < 4.78 is 1.90. The van der Waals surface area contributed by atoms with Gasteiger partial charge in [-0.25, -0.2) is 24.9 Å². The van der Waals surface area contributed by atoms with Crippen LogP contribution in [0.4, 0.5) is 0 Å². The molecular formula is C45H31N7. The highest BCUT2D eigenvalue weighted by Gasteiger charge is 2.35. The van der Waals surface area contributed by atoms with Gasteiger partial charge in [0.25, 0.3) is 0 Å². The summed E-state index contributed by atoms with van der Waals surface area (Å²) >= 11 is 0. The zero-order valence-electron chi connectivity index (χ0n) is 28.6. The van der Waals surface area contributed by atoms with Crippen LogP contribution in [0.5, 0.6) is 0 Å². The third kappa shape index (κ3) is 4.81. The number of para-hydroxylation sites is 1. The lowest BCUT2D eigenvalue weighted by molar-refractivity contribution is 0.660. The summed E-state index contributed by atoms with van der Waals surface area (Å²) in [6.45, 7) is 4.59. The zero-order valence-corrected chi connectivity index (χ0v) is 28.6. The Morgan fingerprint density at radius 1 is 0.423 bits per heavy atom. The molecule has 246 valence electrons. The van der Waals surface area contributed by atoms with Crippen LogP contribution in [-0.4, -0.2) is 34.5 Å². The fourth-order valence-electron chi connectivity index (χ4n) is 7.41. The number of hydrogen-bond donors (Lipinski definition) is 0. The molecule has 0 atom stereocenters. The van der Waals surface area contributed by atoms with E-state index >= 15 is 0 Å². The second-order valence-electron chi connectivity index (χ2n) is 13.7.